The van der Waals surface area contributed by atoms with Gasteiger partial charge in [-0.3, -0.25) is 0 Å². The van der Waals surface area contributed by atoms with Crippen LogP contribution < -0.4 is 5.73 Å². The van der Waals surface area contributed by atoms with Crippen LogP contribution in [0.3, 0.4) is 0 Å². The van der Waals surface area contributed by atoms with Gasteiger partial charge in [0.25, 0.3) is 5.89 Å². The Hall–Kier alpha value is -2.08. The van der Waals surface area contributed by atoms with Gasteiger partial charge in [-0.05, 0) is 23.6 Å². The van der Waals surface area contributed by atoms with Gasteiger partial charge in [0.2, 0.25) is 5.82 Å². The number of furan rings is 1. The van der Waals surface area contributed by atoms with E-state index in [1.165, 1.54) is 11.3 Å². The predicted octanol–water partition coefficient (Wildman–Crippen LogP) is 2.64. The van der Waals surface area contributed by atoms with Crippen molar-refractivity contribution in [1.82, 2.24) is 10.1 Å². The second-order valence-corrected chi connectivity index (χ2v) is 4.05. The van der Waals surface area contributed by atoms with E-state index in [2.05, 4.69) is 10.1 Å². The Labute approximate surface area is 94.5 Å². The summed E-state index contributed by atoms with van der Waals surface area (Å²) < 4.78 is 10.3. The van der Waals surface area contributed by atoms with E-state index in [-0.39, 0.29) is 0 Å². The third-order valence-corrected chi connectivity index (χ3v) is 2.84. The van der Waals surface area contributed by atoms with Gasteiger partial charge in [-0.1, -0.05) is 5.16 Å². The van der Waals surface area contributed by atoms with Crippen molar-refractivity contribution >= 4 is 16.3 Å². The second kappa shape index (κ2) is 3.49. The van der Waals surface area contributed by atoms with Gasteiger partial charge in [0.05, 0.1) is 16.8 Å². The molecule has 80 valence electrons. The molecule has 0 atom stereocenters. The molecule has 3 aromatic rings. The predicted molar refractivity (Wildman–Crippen MR) is 59.7 cm³/mol. The fourth-order valence-corrected chi connectivity index (χ4v) is 1.97. The first-order valence-electron chi connectivity index (χ1n) is 4.55. The molecule has 0 amide bonds. The largest absolute Gasteiger partial charge is 0.461 e. The fourth-order valence-electron chi connectivity index (χ4n) is 1.34. The maximum absolute atomic E-state index is 5.77. The molecule has 0 spiro atoms. The lowest BCUT2D eigenvalue weighted by Gasteiger charge is -1.88. The molecule has 6 heteroatoms. The number of nitrogens with zero attached hydrogens (tertiary/aromatic N) is 2. The molecule has 2 N–H and O–H groups in total. The van der Waals surface area contributed by atoms with Gasteiger partial charge < -0.3 is 14.7 Å². The molecule has 0 aliphatic carbocycles. The number of aromatic nitrogens is 2. The Morgan fingerprint density at radius 2 is 2.25 bits per heavy atom. The third-order valence-electron chi connectivity index (χ3n) is 2.09. The first kappa shape index (κ1) is 9.17. The molecule has 0 bridgehead atoms. The van der Waals surface area contributed by atoms with E-state index in [4.69, 9.17) is 14.7 Å². The first-order chi connectivity index (χ1) is 7.84. The molecule has 0 saturated carbocycles. The summed E-state index contributed by atoms with van der Waals surface area (Å²) in [5.74, 6) is 1.40. The normalized spacial score (nSPS) is 10.8. The van der Waals surface area contributed by atoms with Gasteiger partial charge in [0, 0.05) is 0 Å². The van der Waals surface area contributed by atoms with Gasteiger partial charge >= 0.3 is 0 Å². The van der Waals surface area contributed by atoms with Crippen molar-refractivity contribution in [3.63, 3.8) is 0 Å². The summed E-state index contributed by atoms with van der Waals surface area (Å²) in [5.41, 5.74) is 6.53. The van der Waals surface area contributed by atoms with Gasteiger partial charge in [0.15, 0.2) is 5.76 Å². The lowest BCUT2D eigenvalue weighted by molar-refractivity contribution is 0.430. The van der Waals surface area contributed by atoms with E-state index in [0.717, 1.165) is 5.56 Å². The Bertz CT molecular complexity index is 597. The SMILES string of the molecule is Nc1sccc1-c1nc(-c2ccco2)no1. The summed E-state index contributed by atoms with van der Waals surface area (Å²) in [4.78, 5) is 4.21. The molecule has 0 radical (unpaired) electrons. The van der Waals surface area contributed by atoms with E-state index in [1.807, 2.05) is 11.4 Å². The number of hydrogen-bond donors (Lipinski definition) is 1. The molecular weight excluding hydrogens is 226 g/mol. The van der Waals surface area contributed by atoms with E-state index in [1.54, 1.807) is 18.4 Å². The summed E-state index contributed by atoms with van der Waals surface area (Å²) >= 11 is 1.43. The molecule has 5 nitrogen and oxygen atoms in total. The van der Waals surface area contributed by atoms with Crippen LogP contribution in [0, 0.1) is 0 Å². The second-order valence-electron chi connectivity index (χ2n) is 3.10. The van der Waals surface area contributed by atoms with Crippen molar-refractivity contribution in [2.75, 3.05) is 5.73 Å². The van der Waals surface area contributed by atoms with Gasteiger partial charge in [-0.2, -0.15) is 4.98 Å². The van der Waals surface area contributed by atoms with Crippen LogP contribution in [0.2, 0.25) is 0 Å². The summed E-state index contributed by atoms with van der Waals surface area (Å²) in [5, 5.41) is 6.36. The molecule has 3 rings (SSSR count). The number of nitrogens with two attached hydrogens (primary N) is 1. The third kappa shape index (κ3) is 1.40. The maximum Gasteiger partial charge on any atom is 0.261 e. The Morgan fingerprint density at radius 1 is 1.31 bits per heavy atom. The van der Waals surface area contributed by atoms with Gasteiger partial charge in [-0.15, -0.1) is 11.3 Å². The number of rotatable bonds is 2. The molecule has 16 heavy (non-hydrogen) atoms. The Kier molecular flexibility index (Phi) is 2.00. The summed E-state index contributed by atoms with van der Waals surface area (Å²) in [6.45, 7) is 0. The number of anilines is 1. The lowest BCUT2D eigenvalue weighted by Crippen LogP contribution is -1.83. The zero-order valence-corrected chi connectivity index (χ0v) is 8.90. The van der Waals surface area contributed by atoms with Crippen molar-refractivity contribution in [3.05, 3.63) is 29.8 Å². The lowest BCUT2D eigenvalue weighted by atomic mass is 10.3. The standard InChI is InChI=1S/C10H7N3O2S/c11-8-6(3-5-16-8)10-12-9(13-15-10)7-2-1-4-14-7/h1-5H,11H2. The van der Waals surface area contributed by atoms with Gasteiger partial charge in [0.1, 0.15) is 0 Å². The number of thiophene rings is 1. The van der Waals surface area contributed by atoms with Crippen molar-refractivity contribution < 1.29 is 8.94 Å². The molecule has 0 aliphatic heterocycles. The zero-order chi connectivity index (χ0) is 11.0. The maximum atomic E-state index is 5.77. The minimum Gasteiger partial charge on any atom is -0.461 e. The molecule has 0 unspecified atom stereocenters. The Balaban J connectivity index is 2.03. The van der Waals surface area contributed by atoms with Crippen LogP contribution in [0.5, 0.6) is 0 Å². The summed E-state index contributed by atoms with van der Waals surface area (Å²) in [6, 6.07) is 5.38. The minimum absolute atomic E-state index is 0.408. The van der Waals surface area contributed by atoms with Gasteiger partial charge in [-0.25, -0.2) is 0 Å². The minimum atomic E-state index is 0.408. The van der Waals surface area contributed by atoms with Crippen LogP contribution in [0.25, 0.3) is 23.0 Å². The Morgan fingerprint density at radius 3 is 2.94 bits per heavy atom. The van der Waals surface area contributed by atoms with Crippen molar-refractivity contribution in [2.24, 2.45) is 0 Å². The average Bonchev–Trinajstić information content (AvgIpc) is 2.96. The average molecular weight is 233 g/mol. The van der Waals surface area contributed by atoms with Crippen LogP contribution in [-0.4, -0.2) is 10.1 Å². The van der Waals surface area contributed by atoms with Crippen LogP contribution in [0.1, 0.15) is 0 Å². The summed E-state index contributed by atoms with van der Waals surface area (Å²) in [6.07, 6.45) is 1.56. The highest BCUT2D eigenvalue weighted by Crippen LogP contribution is 2.30. The molecule has 0 aliphatic rings. The molecular formula is C10H7N3O2S. The van der Waals surface area contributed by atoms with Crippen molar-refractivity contribution in [3.8, 4) is 23.0 Å². The number of hydrogen-bond acceptors (Lipinski definition) is 6. The summed E-state index contributed by atoms with van der Waals surface area (Å²) in [7, 11) is 0. The highest BCUT2D eigenvalue weighted by Gasteiger charge is 2.14. The zero-order valence-electron chi connectivity index (χ0n) is 8.08. The highest BCUT2D eigenvalue weighted by atomic mass is 32.1. The molecule has 3 aromatic heterocycles. The van der Waals surface area contributed by atoms with Crippen molar-refractivity contribution in [1.29, 1.82) is 0 Å². The van der Waals surface area contributed by atoms with E-state index >= 15 is 0 Å². The van der Waals surface area contributed by atoms with Crippen LogP contribution in [0.15, 0.2) is 38.8 Å². The molecule has 3 heterocycles. The molecule has 0 saturated heterocycles. The number of nitrogen functional groups attached to an aromatic ring is 1. The van der Waals surface area contributed by atoms with E-state index < -0.39 is 0 Å². The molecule has 0 fully saturated rings. The van der Waals surface area contributed by atoms with E-state index in [0.29, 0.717) is 22.5 Å². The van der Waals surface area contributed by atoms with Crippen LogP contribution >= 0.6 is 11.3 Å². The first-order valence-corrected chi connectivity index (χ1v) is 5.43. The smallest absolute Gasteiger partial charge is 0.261 e. The van der Waals surface area contributed by atoms with E-state index in [9.17, 15) is 0 Å². The van der Waals surface area contributed by atoms with Crippen LogP contribution in [-0.2, 0) is 0 Å². The quantitative estimate of drug-likeness (QED) is 0.736. The van der Waals surface area contributed by atoms with Crippen molar-refractivity contribution in [2.45, 2.75) is 0 Å². The van der Waals surface area contributed by atoms with Crippen LogP contribution in [0.4, 0.5) is 5.00 Å². The monoisotopic (exact) mass is 233 g/mol. The molecule has 0 aromatic carbocycles. The highest BCUT2D eigenvalue weighted by molar-refractivity contribution is 7.14. The topological polar surface area (TPSA) is 78.1 Å². The fraction of sp³-hybridized carbons (Fsp3) is 0.